The molecule has 2 unspecified atom stereocenters. The predicted octanol–water partition coefficient (Wildman–Crippen LogP) is 3.48. The van der Waals surface area contributed by atoms with Gasteiger partial charge in [-0.15, -0.1) is 0 Å². The van der Waals surface area contributed by atoms with Gasteiger partial charge in [-0.3, -0.25) is 9.46 Å². The lowest BCUT2D eigenvalue weighted by molar-refractivity contribution is -0.139. The third kappa shape index (κ3) is 6.15. The van der Waals surface area contributed by atoms with E-state index in [4.69, 9.17) is 14.0 Å². The summed E-state index contributed by atoms with van der Waals surface area (Å²) >= 11 is 0. The molecule has 0 N–H and O–H groups in total. The van der Waals surface area contributed by atoms with Crippen LogP contribution in [0.25, 0.3) is 0 Å². The number of benzene rings is 1. The van der Waals surface area contributed by atoms with Crippen LogP contribution in [-0.2, 0) is 30.0 Å². The highest BCUT2D eigenvalue weighted by molar-refractivity contribution is 7.58. The molecule has 0 aromatic heterocycles. The lowest BCUT2D eigenvalue weighted by atomic mass is 10.2. The van der Waals surface area contributed by atoms with Gasteiger partial charge in [0.1, 0.15) is 12.6 Å². The van der Waals surface area contributed by atoms with Crippen molar-refractivity contribution in [2.45, 2.75) is 32.9 Å². The highest BCUT2D eigenvalue weighted by Crippen LogP contribution is 2.44. The molecule has 1 fully saturated rings. The van der Waals surface area contributed by atoms with E-state index in [0.29, 0.717) is 6.61 Å². The number of amides is 1. The molecule has 0 spiro atoms. The van der Waals surface area contributed by atoms with E-state index >= 15 is 0 Å². The molecule has 0 saturated carbocycles. The van der Waals surface area contributed by atoms with Crippen LogP contribution in [0.3, 0.4) is 0 Å². The largest absolute Gasteiger partial charge is 0.444 e. The molecular formula is C18H26NO6P. The minimum Gasteiger partial charge on any atom is -0.444 e. The molecule has 2 atom stereocenters. The monoisotopic (exact) mass is 383 g/mol. The van der Waals surface area contributed by atoms with Gasteiger partial charge in [-0.25, -0.2) is 9.59 Å². The Bertz CT molecular complexity index is 663. The van der Waals surface area contributed by atoms with Gasteiger partial charge in [0.2, 0.25) is 0 Å². The van der Waals surface area contributed by atoms with Crippen molar-refractivity contribution in [3.05, 3.63) is 35.9 Å². The average Bonchev–Trinajstić information content (AvgIpc) is 2.98. The van der Waals surface area contributed by atoms with Crippen molar-refractivity contribution in [2.75, 3.05) is 26.2 Å². The van der Waals surface area contributed by atoms with Gasteiger partial charge in [-0.05, 0) is 17.9 Å². The van der Waals surface area contributed by atoms with Gasteiger partial charge in [0.15, 0.2) is 14.1 Å². The van der Waals surface area contributed by atoms with Crippen LogP contribution in [0, 0.1) is 5.92 Å². The first-order chi connectivity index (χ1) is 12.3. The maximum Gasteiger partial charge on any atom is 0.413 e. The summed E-state index contributed by atoms with van der Waals surface area (Å²) in [5.41, 5.74) is 0.851. The summed E-state index contributed by atoms with van der Waals surface area (Å²) in [7, 11) is -2.83. The van der Waals surface area contributed by atoms with E-state index in [9.17, 15) is 14.2 Å². The van der Waals surface area contributed by atoms with Gasteiger partial charge in [-0.2, -0.15) is 0 Å². The van der Waals surface area contributed by atoms with E-state index in [2.05, 4.69) is 0 Å². The first kappa shape index (κ1) is 20.5. The molecule has 1 aromatic carbocycles. The summed E-state index contributed by atoms with van der Waals surface area (Å²) in [5.74, 6) is -0.241. The normalized spacial score (nSPS) is 19.3. The van der Waals surface area contributed by atoms with E-state index in [0.717, 1.165) is 5.56 Å². The van der Waals surface area contributed by atoms with Crippen molar-refractivity contribution in [2.24, 2.45) is 5.92 Å². The Balaban J connectivity index is 1.88. The molecule has 0 radical (unpaired) electrons. The lowest BCUT2D eigenvalue weighted by Gasteiger charge is -2.21. The first-order valence-corrected chi connectivity index (χ1v) is 10.9. The van der Waals surface area contributed by atoms with Gasteiger partial charge in [0.25, 0.3) is 0 Å². The molecule has 2 rings (SSSR count). The Hall–Kier alpha value is -1.85. The molecule has 7 nitrogen and oxygen atoms in total. The second kappa shape index (κ2) is 9.19. The standard InChI is InChI=1S/C18H26NO6P/c1-14(2)11-25-26(3,22)10-9-16-17(20)24-13-19(16)18(21)23-12-15-7-5-4-6-8-15/h4-8,14,16H,9-13H2,1-3H3. The fourth-order valence-electron chi connectivity index (χ4n) is 2.43. The molecule has 1 amide bonds. The number of hydrogen-bond donors (Lipinski definition) is 0. The Morgan fingerprint density at radius 3 is 2.69 bits per heavy atom. The van der Waals surface area contributed by atoms with Crippen molar-refractivity contribution in [3.63, 3.8) is 0 Å². The molecule has 144 valence electrons. The zero-order chi connectivity index (χ0) is 19.2. The maximum atomic E-state index is 12.5. The minimum atomic E-state index is -2.83. The Kier molecular flexibility index (Phi) is 7.23. The number of nitrogens with zero attached hydrogens (tertiary/aromatic N) is 1. The van der Waals surface area contributed by atoms with Crippen molar-refractivity contribution in [1.29, 1.82) is 0 Å². The van der Waals surface area contributed by atoms with E-state index in [1.165, 1.54) is 4.90 Å². The zero-order valence-corrected chi connectivity index (χ0v) is 16.3. The molecule has 0 aliphatic carbocycles. The second-order valence-corrected chi connectivity index (χ2v) is 9.57. The third-order valence-electron chi connectivity index (χ3n) is 3.92. The number of ether oxygens (including phenoxy) is 2. The van der Waals surface area contributed by atoms with Crippen LogP contribution in [0.2, 0.25) is 0 Å². The quantitative estimate of drug-likeness (QED) is 0.505. The molecule has 8 heteroatoms. The molecule has 26 heavy (non-hydrogen) atoms. The fraction of sp³-hybridized carbons (Fsp3) is 0.556. The highest BCUT2D eigenvalue weighted by atomic mass is 31.2. The van der Waals surface area contributed by atoms with Gasteiger partial charge in [-0.1, -0.05) is 44.2 Å². The first-order valence-electron chi connectivity index (χ1n) is 8.63. The summed E-state index contributed by atoms with van der Waals surface area (Å²) < 4.78 is 28.1. The van der Waals surface area contributed by atoms with E-state index < -0.39 is 25.5 Å². The van der Waals surface area contributed by atoms with Gasteiger partial charge < -0.3 is 14.0 Å². The molecule has 1 aliphatic rings. The van der Waals surface area contributed by atoms with Gasteiger partial charge in [0.05, 0.1) is 6.61 Å². The van der Waals surface area contributed by atoms with Crippen LogP contribution in [0.5, 0.6) is 0 Å². The van der Waals surface area contributed by atoms with Crippen molar-refractivity contribution in [1.82, 2.24) is 4.90 Å². The molecule has 1 saturated heterocycles. The number of cyclic esters (lactones) is 1. The van der Waals surface area contributed by atoms with Crippen LogP contribution in [-0.4, -0.2) is 49.2 Å². The molecule has 1 aromatic rings. The number of hydrogen-bond acceptors (Lipinski definition) is 6. The van der Waals surface area contributed by atoms with Crippen LogP contribution in [0.15, 0.2) is 30.3 Å². The fourth-order valence-corrected chi connectivity index (χ4v) is 3.89. The van der Waals surface area contributed by atoms with E-state index in [1.807, 2.05) is 44.2 Å². The molecule has 1 aliphatic heterocycles. The summed E-state index contributed by atoms with van der Waals surface area (Å²) in [6, 6.07) is 8.47. The summed E-state index contributed by atoms with van der Waals surface area (Å²) in [5, 5.41) is 0. The maximum absolute atomic E-state index is 12.5. The van der Waals surface area contributed by atoms with Gasteiger partial charge >= 0.3 is 12.1 Å². The van der Waals surface area contributed by atoms with Crippen LogP contribution < -0.4 is 0 Å². The Morgan fingerprint density at radius 1 is 1.35 bits per heavy atom. The lowest BCUT2D eigenvalue weighted by Crippen LogP contribution is -2.39. The topological polar surface area (TPSA) is 82.1 Å². The number of esters is 1. The summed E-state index contributed by atoms with van der Waals surface area (Å²) in [6.45, 7) is 5.84. The second-order valence-electron chi connectivity index (χ2n) is 6.83. The summed E-state index contributed by atoms with van der Waals surface area (Å²) in [6.07, 6.45) is -0.216. The minimum absolute atomic E-state index is 0.112. The smallest absolute Gasteiger partial charge is 0.413 e. The third-order valence-corrected chi connectivity index (χ3v) is 5.69. The Morgan fingerprint density at radius 2 is 2.04 bits per heavy atom. The zero-order valence-electron chi connectivity index (χ0n) is 15.4. The van der Waals surface area contributed by atoms with Crippen molar-refractivity contribution in [3.8, 4) is 0 Å². The number of rotatable bonds is 8. The van der Waals surface area contributed by atoms with Gasteiger partial charge in [0, 0.05) is 12.8 Å². The van der Waals surface area contributed by atoms with Crippen molar-refractivity contribution < 1.29 is 28.2 Å². The molecule has 1 heterocycles. The molecular weight excluding hydrogens is 357 g/mol. The molecule has 0 bridgehead atoms. The van der Waals surface area contributed by atoms with Crippen LogP contribution in [0.1, 0.15) is 25.8 Å². The SMILES string of the molecule is CC(C)COP(C)(=O)CCC1C(=O)OCN1C(=O)OCc1ccccc1. The predicted molar refractivity (Wildman–Crippen MR) is 97.0 cm³/mol. The van der Waals surface area contributed by atoms with Crippen molar-refractivity contribution >= 4 is 19.4 Å². The van der Waals surface area contributed by atoms with E-state index in [1.54, 1.807) is 6.66 Å². The Labute approximate surface area is 154 Å². The van der Waals surface area contributed by atoms with Crippen LogP contribution in [0.4, 0.5) is 4.79 Å². The average molecular weight is 383 g/mol. The highest BCUT2D eigenvalue weighted by Gasteiger charge is 2.39. The number of carbonyl (C=O) groups is 2. The number of carbonyl (C=O) groups excluding carboxylic acids is 2. The van der Waals surface area contributed by atoms with E-state index in [-0.39, 0.29) is 31.8 Å². The summed E-state index contributed by atoms with van der Waals surface area (Å²) in [4.78, 5) is 25.5. The van der Waals surface area contributed by atoms with Crippen LogP contribution >= 0.6 is 7.37 Å².